The Hall–Kier alpha value is -3.14. The van der Waals surface area contributed by atoms with Gasteiger partial charge in [-0.05, 0) is 36.2 Å². The molecule has 0 fully saturated rings. The minimum atomic E-state index is -0.0627. The monoisotopic (exact) mass is 360 g/mol. The molecular formula is C23H24N2O2. The van der Waals surface area contributed by atoms with Gasteiger partial charge in [0.1, 0.15) is 18.2 Å². The molecule has 0 amide bonds. The number of rotatable bonds is 9. The smallest absolute Gasteiger partial charge is 0.196 e. The predicted octanol–water partition coefficient (Wildman–Crippen LogP) is 5.10. The van der Waals surface area contributed by atoms with Crippen molar-refractivity contribution in [3.63, 3.8) is 0 Å². The van der Waals surface area contributed by atoms with Gasteiger partial charge in [-0.3, -0.25) is 4.79 Å². The number of carbonyl (C=O) groups excluding carboxylic acids is 1. The van der Waals surface area contributed by atoms with E-state index in [1.165, 1.54) is 0 Å². The average Bonchev–Trinajstić information content (AvgIpc) is 2.73. The Morgan fingerprint density at radius 1 is 1.04 bits per heavy atom. The van der Waals surface area contributed by atoms with Crippen molar-refractivity contribution in [2.75, 3.05) is 11.9 Å². The first-order chi connectivity index (χ1) is 13.3. The Morgan fingerprint density at radius 2 is 1.89 bits per heavy atom. The molecule has 0 aliphatic heterocycles. The largest absolute Gasteiger partial charge is 0.489 e. The highest BCUT2D eigenvalue weighted by molar-refractivity contribution is 6.12. The SMILES string of the molecule is CCCCNc1ncccc1C(=O)c1cccc(OCc2ccccc2)c1. The number of ketones is 1. The summed E-state index contributed by atoms with van der Waals surface area (Å²) >= 11 is 0. The lowest BCUT2D eigenvalue weighted by molar-refractivity contribution is 0.103. The third-order valence-corrected chi connectivity index (χ3v) is 4.22. The van der Waals surface area contributed by atoms with Crippen LogP contribution >= 0.6 is 0 Å². The van der Waals surface area contributed by atoms with Crippen molar-refractivity contribution < 1.29 is 9.53 Å². The zero-order valence-electron chi connectivity index (χ0n) is 15.5. The van der Waals surface area contributed by atoms with Gasteiger partial charge >= 0.3 is 0 Å². The van der Waals surface area contributed by atoms with E-state index in [4.69, 9.17) is 4.74 Å². The summed E-state index contributed by atoms with van der Waals surface area (Å²) in [7, 11) is 0. The number of ether oxygens (including phenoxy) is 1. The van der Waals surface area contributed by atoms with E-state index in [-0.39, 0.29) is 5.78 Å². The van der Waals surface area contributed by atoms with Gasteiger partial charge < -0.3 is 10.1 Å². The molecule has 0 aliphatic rings. The zero-order chi connectivity index (χ0) is 18.9. The molecule has 0 aliphatic carbocycles. The standard InChI is InChI=1S/C23H24N2O2/c1-2-3-14-24-23-21(13-8-15-25-23)22(26)19-11-7-12-20(16-19)27-17-18-9-5-4-6-10-18/h4-13,15-16H,2-3,14,17H2,1H3,(H,24,25). The molecule has 0 spiro atoms. The van der Waals surface area contributed by atoms with E-state index in [0.717, 1.165) is 24.9 Å². The van der Waals surface area contributed by atoms with Gasteiger partial charge in [-0.1, -0.05) is 55.8 Å². The highest BCUT2D eigenvalue weighted by Crippen LogP contribution is 2.21. The molecule has 138 valence electrons. The molecule has 4 heteroatoms. The molecular weight excluding hydrogens is 336 g/mol. The van der Waals surface area contributed by atoms with Crippen molar-refractivity contribution in [3.8, 4) is 5.75 Å². The first-order valence-corrected chi connectivity index (χ1v) is 9.28. The zero-order valence-corrected chi connectivity index (χ0v) is 15.5. The lowest BCUT2D eigenvalue weighted by Crippen LogP contribution is -2.10. The molecule has 4 nitrogen and oxygen atoms in total. The van der Waals surface area contributed by atoms with Crippen molar-refractivity contribution in [1.82, 2.24) is 4.98 Å². The van der Waals surface area contributed by atoms with E-state index in [1.54, 1.807) is 30.5 Å². The summed E-state index contributed by atoms with van der Waals surface area (Å²) in [5.74, 6) is 1.24. The van der Waals surface area contributed by atoms with Crippen LogP contribution in [0.2, 0.25) is 0 Å². The fraction of sp³-hybridized carbons (Fsp3) is 0.217. The maximum Gasteiger partial charge on any atom is 0.196 e. The van der Waals surface area contributed by atoms with Crippen molar-refractivity contribution in [1.29, 1.82) is 0 Å². The van der Waals surface area contributed by atoms with Gasteiger partial charge in [0.25, 0.3) is 0 Å². The van der Waals surface area contributed by atoms with Crippen LogP contribution in [0, 0.1) is 0 Å². The topological polar surface area (TPSA) is 51.2 Å². The molecule has 0 saturated heterocycles. The Morgan fingerprint density at radius 3 is 2.70 bits per heavy atom. The Labute approximate surface area is 160 Å². The van der Waals surface area contributed by atoms with Gasteiger partial charge in [0.15, 0.2) is 5.78 Å². The molecule has 0 atom stereocenters. The van der Waals surface area contributed by atoms with E-state index in [1.807, 2.05) is 42.5 Å². The van der Waals surface area contributed by atoms with Gasteiger partial charge in [0.2, 0.25) is 0 Å². The first kappa shape index (κ1) is 18.6. The predicted molar refractivity (Wildman–Crippen MR) is 108 cm³/mol. The number of anilines is 1. The van der Waals surface area contributed by atoms with Gasteiger partial charge in [0, 0.05) is 18.3 Å². The van der Waals surface area contributed by atoms with Crippen LogP contribution in [-0.2, 0) is 6.61 Å². The molecule has 3 aromatic rings. The van der Waals surface area contributed by atoms with E-state index in [2.05, 4.69) is 17.2 Å². The highest BCUT2D eigenvalue weighted by Gasteiger charge is 2.15. The number of nitrogens with one attached hydrogen (secondary N) is 1. The minimum Gasteiger partial charge on any atom is -0.489 e. The summed E-state index contributed by atoms with van der Waals surface area (Å²) in [6.07, 6.45) is 3.82. The summed E-state index contributed by atoms with van der Waals surface area (Å²) in [6, 6.07) is 20.9. The van der Waals surface area contributed by atoms with E-state index in [0.29, 0.717) is 29.3 Å². The molecule has 1 heterocycles. The molecule has 3 rings (SSSR count). The molecule has 0 saturated carbocycles. The third kappa shape index (κ3) is 5.17. The van der Waals surface area contributed by atoms with Gasteiger partial charge in [-0.15, -0.1) is 0 Å². The lowest BCUT2D eigenvalue weighted by Gasteiger charge is -2.11. The van der Waals surface area contributed by atoms with Crippen molar-refractivity contribution >= 4 is 11.6 Å². The number of unbranched alkanes of at least 4 members (excludes halogenated alkanes) is 1. The van der Waals surface area contributed by atoms with E-state index < -0.39 is 0 Å². The second-order valence-electron chi connectivity index (χ2n) is 6.31. The first-order valence-electron chi connectivity index (χ1n) is 9.28. The van der Waals surface area contributed by atoms with E-state index in [9.17, 15) is 4.79 Å². The molecule has 2 aromatic carbocycles. The fourth-order valence-electron chi connectivity index (χ4n) is 2.74. The molecule has 1 aromatic heterocycles. The molecule has 27 heavy (non-hydrogen) atoms. The number of carbonyl (C=O) groups is 1. The summed E-state index contributed by atoms with van der Waals surface area (Å²) < 4.78 is 5.84. The van der Waals surface area contributed by atoms with Crippen molar-refractivity contribution in [2.24, 2.45) is 0 Å². The summed E-state index contributed by atoms with van der Waals surface area (Å²) in [6.45, 7) is 3.40. The number of aromatic nitrogens is 1. The molecule has 0 unspecified atom stereocenters. The van der Waals surface area contributed by atoms with Crippen LogP contribution < -0.4 is 10.1 Å². The quantitative estimate of drug-likeness (QED) is 0.426. The van der Waals surface area contributed by atoms with Crippen molar-refractivity contribution in [2.45, 2.75) is 26.4 Å². The summed E-state index contributed by atoms with van der Waals surface area (Å²) in [5, 5.41) is 3.26. The van der Waals surface area contributed by atoms with Crippen LogP contribution in [0.3, 0.4) is 0 Å². The maximum absolute atomic E-state index is 13.0. The summed E-state index contributed by atoms with van der Waals surface area (Å²) in [4.78, 5) is 17.3. The molecule has 1 N–H and O–H groups in total. The second-order valence-corrected chi connectivity index (χ2v) is 6.31. The molecule has 0 bridgehead atoms. The van der Waals surface area contributed by atoms with E-state index >= 15 is 0 Å². The Bertz CT molecular complexity index is 878. The number of pyridine rings is 1. The third-order valence-electron chi connectivity index (χ3n) is 4.22. The Kier molecular flexibility index (Phi) is 6.58. The highest BCUT2D eigenvalue weighted by atomic mass is 16.5. The van der Waals surface area contributed by atoms with Gasteiger partial charge in [0.05, 0.1) is 5.56 Å². The van der Waals surface area contributed by atoms with Crippen LogP contribution in [0.4, 0.5) is 5.82 Å². The second kappa shape index (κ2) is 9.53. The average molecular weight is 360 g/mol. The van der Waals surface area contributed by atoms with Crippen LogP contribution in [0.5, 0.6) is 5.75 Å². The number of nitrogens with zero attached hydrogens (tertiary/aromatic N) is 1. The number of benzene rings is 2. The minimum absolute atomic E-state index is 0.0627. The Balaban J connectivity index is 1.74. The fourth-order valence-corrected chi connectivity index (χ4v) is 2.74. The van der Waals surface area contributed by atoms with Crippen molar-refractivity contribution in [3.05, 3.63) is 89.6 Å². The van der Waals surface area contributed by atoms with Crippen LogP contribution in [-0.4, -0.2) is 17.3 Å². The molecule has 0 radical (unpaired) electrons. The summed E-state index contributed by atoms with van der Waals surface area (Å²) in [5.41, 5.74) is 2.25. The maximum atomic E-state index is 13.0. The lowest BCUT2D eigenvalue weighted by atomic mass is 10.0. The number of hydrogen-bond donors (Lipinski definition) is 1. The normalized spacial score (nSPS) is 10.4. The van der Waals surface area contributed by atoms with Gasteiger partial charge in [-0.25, -0.2) is 4.98 Å². The van der Waals surface area contributed by atoms with Crippen LogP contribution in [0.15, 0.2) is 72.9 Å². The van der Waals surface area contributed by atoms with Crippen LogP contribution in [0.1, 0.15) is 41.3 Å². The van der Waals surface area contributed by atoms with Crippen LogP contribution in [0.25, 0.3) is 0 Å². The number of hydrogen-bond acceptors (Lipinski definition) is 4. The van der Waals surface area contributed by atoms with Gasteiger partial charge in [-0.2, -0.15) is 0 Å².